The lowest BCUT2D eigenvalue weighted by molar-refractivity contribution is -0.624. The van der Waals surface area contributed by atoms with Crippen molar-refractivity contribution in [1.82, 2.24) is 9.88 Å². The summed E-state index contributed by atoms with van der Waals surface area (Å²) in [6, 6.07) is 7.15. The van der Waals surface area contributed by atoms with Crippen molar-refractivity contribution in [3.8, 4) is 0 Å². The molecule has 0 spiro atoms. The topological polar surface area (TPSA) is 95.7 Å². The normalized spacial score (nSPS) is 15.9. The van der Waals surface area contributed by atoms with Gasteiger partial charge in [0.15, 0.2) is 16.7 Å². The smallest absolute Gasteiger partial charge is 0.352 e. The van der Waals surface area contributed by atoms with E-state index in [1.165, 1.54) is 0 Å². The summed E-state index contributed by atoms with van der Waals surface area (Å²) < 4.78 is 17.5. The van der Waals surface area contributed by atoms with Gasteiger partial charge in [-0.25, -0.2) is 9.52 Å². The van der Waals surface area contributed by atoms with Crippen LogP contribution in [0.5, 0.6) is 0 Å². The Kier molecular flexibility index (Phi) is 3.63. The maximum Gasteiger partial charge on any atom is 0.352 e. The van der Waals surface area contributed by atoms with Crippen molar-refractivity contribution in [3.63, 3.8) is 0 Å². The Morgan fingerprint density at radius 3 is 2.78 bits per heavy atom. The first-order valence-electron chi connectivity index (χ1n) is 8.80. The number of fused-ring (bicyclic) bond motifs is 5. The number of morpholine rings is 1. The molecule has 0 atom stereocenters. The summed E-state index contributed by atoms with van der Waals surface area (Å²) in [6.07, 6.45) is 0. The molecule has 27 heavy (non-hydrogen) atoms. The molecule has 138 valence electrons. The van der Waals surface area contributed by atoms with Crippen LogP contribution in [0.4, 0.5) is 0 Å². The maximum atomic E-state index is 12.7. The molecular weight excluding hydrogens is 350 g/mol. The third-order valence-electron chi connectivity index (χ3n) is 5.00. The second kappa shape index (κ2) is 6.04. The first kappa shape index (κ1) is 16.2. The third kappa shape index (κ3) is 2.48. The first-order valence-corrected chi connectivity index (χ1v) is 8.80. The Morgan fingerprint density at radius 1 is 1.19 bits per heavy atom. The number of benzene rings is 1. The van der Waals surface area contributed by atoms with Gasteiger partial charge >= 0.3 is 11.4 Å². The zero-order chi connectivity index (χ0) is 18.5. The van der Waals surface area contributed by atoms with Crippen LogP contribution in [-0.4, -0.2) is 36.2 Å². The van der Waals surface area contributed by atoms with Crippen LogP contribution < -0.4 is 10.4 Å². The minimum Gasteiger partial charge on any atom is -0.710 e. The number of nitrogens with zero attached hydrogens (tertiary/aromatic N) is 3. The Bertz CT molecular complexity index is 1240. The average Bonchev–Trinajstić information content (AvgIpc) is 3.07. The highest BCUT2D eigenvalue weighted by Crippen LogP contribution is 2.31. The molecule has 1 aromatic carbocycles. The molecule has 0 radical (unpaired) electrons. The highest BCUT2D eigenvalue weighted by Gasteiger charge is 2.27. The van der Waals surface area contributed by atoms with E-state index < -0.39 is 5.63 Å². The molecule has 0 saturated carbocycles. The highest BCUT2D eigenvalue weighted by atomic mass is 16.5. The van der Waals surface area contributed by atoms with Gasteiger partial charge in [0.05, 0.1) is 18.6 Å². The maximum absolute atomic E-state index is 12.7. The molecule has 0 bridgehead atoms. The van der Waals surface area contributed by atoms with Gasteiger partial charge in [0.25, 0.3) is 0 Å². The summed E-state index contributed by atoms with van der Waals surface area (Å²) in [6.45, 7) is 4.78. The van der Waals surface area contributed by atoms with Crippen molar-refractivity contribution in [1.29, 1.82) is 0 Å². The molecule has 3 aromatic heterocycles. The number of aryl methyl sites for hydroxylation is 1. The molecule has 4 aromatic rings. The third-order valence-corrected chi connectivity index (χ3v) is 5.00. The summed E-state index contributed by atoms with van der Waals surface area (Å²) in [5.41, 5.74) is 1.39. The van der Waals surface area contributed by atoms with Crippen LogP contribution in [0.15, 0.2) is 37.9 Å². The van der Waals surface area contributed by atoms with Gasteiger partial charge in [-0.05, 0) is 17.1 Å². The summed E-state index contributed by atoms with van der Waals surface area (Å²) in [7, 11) is 0. The van der Waals surface area contributed by atoms with E-state index in [2.05, 4.69) is 9.88 Å². The number of ether oxygens (including phenoxy) is 1. The average molecular weight is 367 g/mol. The molecule has 8 nitrogen and oxygen atoms in total. The minimum absolute atomic E-state index is 0.274. The van der Waals surface area contributed by atoms with Crippen LogP contribution in [0.2, 0.25) is 0 Å². The molecule has 5 rings (SSSR count). The molecule has 1 saturated heterocycles. The van der Waals surface area contributed by atoms with Crippen molar-refractivity contribution >= 4 is 33.0 Å². The summed E-state index contributed by atoms with van der Waals surface area (Å²) in [5.74, 6) is 0.331. The van der Waals surface area contributed by atoms with E-state index >= 15 is 0 Å². The van der Waals surface area contributed by atoms with E-state index in [0.29, 0.717) is 58.9 Å². The fourth-order valence-electron chi connectivity index (χ4n) is 3.57. The van der Waals surface area contributed by atoms with Crippen molar-refractivity contribution in [2.24, 2.45) is 0 Å². The number of hydrogen-bond acceptors (Lipinski definition) is 7. The molecule has 8 heteroatoms. The predicted molar refractivity (Wildman–Crippen MR) is 97.4 cm³/mol. The van der Waals surface area contributed by atoms with Gasteiger partial charge in [-0.2, -0.15) is 0 Å². The number of para-hydroxylation sites is 1. The van der Waals surface area contributed by atoms with Crippen LogP contribution in [0.25, 0.3) is 33.0 Å². The Hall–Kier alpha value is -2.97. The van der Waals surface area contributed by atoms with Gasteiger partial charge < -0.3 is 18.8 Å². The second-order valence-corrected chi connectivity index (χ2v) is 6.67. The molecule has 0 amide bonds. The molecule has 0 aliphatic carbocycles. The summed E-state index contributed by atoms with van der Waals surface area (Å²) in [5, 5.41) is 13.7. The number of rotatable bonds is 2. The van der Waals surface area contributed by atoms with E-state index in [9.17, 15) is 10.0 Å². The van der Waals surface area contributed by atoms with Gasteiger partial charge in [-0.1, -0.05) is 12.1 Å². The van der Waals surface area contributed by atoms with Crippen LogP contribution in [0.3, 0.4) is 0 Å². The molecule has 1 aliphatic heterocycles. The van der Waals surface area contributed by atoms with Crippen molar-refractivity contribution in [2.75, 3.05) is 26.3 Å². The Morgan fingerprint density at radius 2 is 1.96 bits per heavy atom. The van der Waals surface area contributed by atoms with Gasteiger partial charge in [0.2, 0.25) is 11.1 Å². The lowest BCUT2D eigenvalue weighted by atomic mass is 10.2. The van der Waals surface area contributed by atoms with E-state index in [1.54, 1.807) is 19.1 Å². The van der Waals surface area contributed by atoms with E-state index in [4.69, 9.17) is 13.6 Å². The largest absolute Gasteiger partial charge is 0.710 e. The molecule has 0 N–H and O–H groups in total. The molecule has 0 unspecified atom stereocenters. The van der Waals surface area contributed by atoms with Crippen LogP contribution >= 0.6 is 0 Å². The van der Waals surface area contributed by atoms with Crippen molar-refractivity contribution in [2.45, 2.75) is 13.5 Å². The van der Waals surface area contributed by atoms with Gasteiger partial charge in [0, 0.05) is 20.0 Å². The Balaban J connectivity index is 1.77. The van der Waals surface area contributed by atoms with Gasteiger partial charge in [-0.15, -0.1) is 0 Å². The quantitative estimate of drug-likeness (QED) is 0.303. The lowest BCUT2D eigenvalue weighted by Gasteiger charge is -2.25. The minimum atomic E-state index is -0.518. The fourth-order valence-corrected chi connectivity index (χ4v) is 3.57. The number of aromatic nitrogens is 2. The summed E-state index contributed by atoms with van der Waals surface area (Å²) in [4.78, 5) is 19.2. The number of hydrogen-bond donors (Lipinski definition) is 0. The fraction of sp³-hybridized carbons (Fsp3) is 0.316. The zero-order valence-electron chi connectivity index (χ0n) is 14.7. The number of furan rings is 1. The van der Waals surface area contributed by atoms with Crippen LogP contribution in [0.1, 0.15) is 11.5 Å². The molecular formula is C19H17N3O5. The van der Waals surface area contributed by atoms with Gasteiger partial charge in [0.1, 0.15) is 12.1 Å². The Labute approximate surface area is 153 Å². The van der Waals surface area contributed by atoms with E-state index in [1.807, 2.05) is 12.1 Å². The van der Waals surface area contributed by atoms with Crippen LogP contribution in [-0.2, 0) is 11.3 Å². The molecule has 4 heterocycles. The van der Waals surface area contributed by atoms with Crippen molar-refractivity contribution < 1.29 is 18.3 Å². The van der Waals surface area contributed by atoms with E-state index in [0.717, 1.165) is 17.8 Å². The van der Waals surface area contributed by atoms with Crippen LogP contribution in [0, 0.1) is 12.1 Å². The lowest BCUT2D eigenvalue weighted by Crippen LogP contribution is -2.43. The standard InChI is InChI=1S/C19H17N3O5/c1-11-17-16(20-14(22(11)24)10-21-6-8-25-9-7-21)15-18(27-17)12-4-2-3-5-13(12)26-19(15)23/h2-5H,6-10H2,1H3. The second-order valence-electron chi connectivity index (χ2n) is 6.67. The van der Waals surface area contributed by atoms with Crippen molar-refractivity contribution in [3.05, 3.63) is 51.4 Å². The summed E-state index contributed by atoms with van der Waals surface area (Å²) >= 11 is 0. The molecule has 1 fully saturated rings. The first-order chi connectivity index (χ1) is 13.1. The monoisotopic (exact) mass is 367 g/mol. The van der Waals surface area contributed by atoms with Gasteiger partial charge in [-0.3, -0.25) is 4.90 Å². The SMILES string of the molecule is Cc1c2oc3c4ccccc4oc(=O)c3c2nc(CN2CCOCC2)[n+]1[O-]. The van der Waals surface area contributed by atoms with E-state index in [-0.39, 0.29) is 5.39 Å². The molecule has 1 aliphatic rings. The highest BCUT2D eigenvalue weighted by molar-refractivity contribution is 6.11. The predicted octanol–water partition coefficient (Wildman–Crippen LogP) is 1.86. The zero-order valence-corrected chi connectivity index (χ0v) is 14.7.